The Hall–Kier alpha value is 0.120. The molecule has 0 aliphatic carbocycles. The fourth-order valence-electron chi connectivity index (χ4n) is 1.10. The summed E-state index contributed by atoms with van der Waals surface area (Å²) in [5.74, 6) is 5.64. The molecule has 11 heavy (non-hydrogen) atoms. The topological polar surface area (TPSA) is 0 Å². The summed E-state index contributed by atoms with van der Waals surface area (Å²) >= 11 is 7.13. The standard InChI is InChI=1S/C8H9PS2/c1-4-7-6-9(3,10)11-8(7)5-2/h1-2,7-8H,6H2,3H3. The minimum Gasteiger partial charge on any atom is -0.120 e. The van der Waals surface area contributed by atoms with Crippen molar-refractivity contribution in [1.82, 2.24) is 0 Å². The Morgan fingerprint density at radius 2 is 2.18 bits per heavy atom. The molecule has 0 saturated carbocycles. The maximum atomic E-state index is 5.38. The third-order valence-electron chi connectivity index (χ3n) is 1.61. The molecule has 0 radical (unpaired) electrons. The second-order valence-electron chi connectivity index (χ2n) is 2.66. The van der Waals surface area contributed by atoms with Gasteiger partial charge in [0.1, 0.15) is 0 Å². The monoisotopic (exact) mass is 200 g/mol. The van der Waals surface area contributed by atoms with Gasteiger partial charge >= 0.3 is 0 Å². The Bertz CT molecular complexity index is 255. The van der Waals surface area contributed by atoms with Gasteiger partial charge in [0.2, 0.25) is 0 Å². The van der Waals surface area contributed by atoms with Crippen LogP contribution in [0.15, 0.2) is 0 Å². The molecule has 3 unspecified atom stereocenters. The van der Waals surface area contributed by atoms with E-state index in [0.717, 1.165) is 6.16 Å². The van der Waals surface area contributed by atoms with Crippen LogP contribution in [0, 0.1) is 30.6 Å². The molecule has 1 aliphatic heterocycles. The zero-order valence-electron chi connectivity index (χ0n) is 6.28. The van der Waals surface area contributed by atoms with E-state index in [1.54, 1.807) is 11.4 Å². The maximum absolute atomic E-state index is 5.38. The molecule has 3 atom stereocenters. The SMILES string of the molecule is C#CC1CP(C)(=S)SC1C#C. The molecule has 0 aromatic heterocycles. The Morgan fingerprint density at radius 3 is 2.55 bits per heavy atom. The number of terminal acetylenes is 2. The Labute approximate surface area is 77.3 Å². The zero-order chi connectivity index (χ0) is 8.48. The van der Waals surface area contributed by atoms with Crippen molar-refractivity contribution in [3.63, 3.8) is 0 Å². The van der Waals surface area contributed by atoms with Gasteiger partial charge < -0.3 is 0 Å². The first-order chi connectivity index (χ1) is 5.09. The van der Waals surface area contributed by atoms with E-state index in [-0.39, 0.29) is 11.2 Å². The number of hydrogen-bond acceptors (Lipinski definition) is 2. The molecule has 58 valence electrons. The summed E-state index contributed by atoms with van der Waals surface area (Å²) in [7, 11) is 0. The van der Waals surface area contributed by atoms with Gasteiger partial charge in [-0.2, -0.15) is 0 Å². The van der Waals surface area contributed by atoms with Crippen LogP contribution in [0.1, 0.15) is 0 Å². The van der Waals surface area contributed by atoms with Crippen molar-refractivity contribution in [3.05, 3.63) is 0 Å². The molecule has 1 fully saturated rings. The van der Waals surface area contributed by atoms with Crippen LogP contribution >= 0.6 is 16.6 Å². The first-order valence-electron chi connectivity index (χ1n) is 3.26. The van der Waals surface area contributed by atoms with E-state index in [1.807, 2.05) is 0 Å². The van der Waals surface area contributed by atoms with Gasteiger partial charge in [0.25, 0.3) is 0 Å². The minimum absolute atomic E-state index is 0.177. The second-order valence-corrected chi connectivity index (χ2v) is 11.9. The first-order valence-corrected chi connectivity index (χ1v) is 8.18. The van der Waals surface area contributed by atoms with Gasteiger partial charge in [0.15, 0.2) is 0 Å². The Morgan fingerprint density at radius 1 is 1.55 bits per heavy atom. The van der Waals surface area contributed by atoms with Crippen LogP contribution < -0.4 is 0 Å². The first kappa shape index (κ1) is 9.21. The predicted octanol–water partition coefficient (Wildman–Crippen LogP) is 2.01. The van der Waals surface area contributed by atoms with E-state index in [2.05, 4.69) is 18.5 Å². The van der Waals surface area contributed by atoms with Gasteiger partial charge in [-0.3, -0.25) is 0 Å². The molecule has 1 aliphatic rings. The maximum Gasteiger partial charge on any atom is 0.0844 e. The van der Waals surface area contributed by atoms with Crippen LogP contribution in [-0.4, -0.2) is 18.1 Å². The highest BCUT2D eigenvalue weighted by atomic mass is 32.9. The lowest BCUT2D eigenvalue weighted by Crippen LogP contribution is -2.08. The largest absolute Gasteiger partial charge is 0.120 e. The summed E-state index contributed by atoms with van der Waals surface area (Å²) < 4.78 is 0. The molecule has 0 N–H and O–H groups in total. The second kappa shape index (κ2) is 3.24. The molecule has 0 spiro atoms. The summed E-state index contributed by atoms with van der Waals surface area (Å²) in [6.45, 7) is 2.12. The van der Waals surface area contributed by atoms with Crippen LogP contribution in [0.25, 0.3) is 0 Å². The van der Waals surface area contributed by atoms with Crippen LogP contribution in [0.4, 0.5) is 0 Å². The van der Waals surface area contributed by atoms with Crippen molar-refractivity contribution >= 4 is 28.4 Å². The molecular weight excluding hydrogens is 191 g/mol. The van der Waals surface area contributed by atoms with Crippen molar-refractivity contribution in [2.45, 2.75) is 5.25 Å². The van der Waals surface area contributed by atoms with Crippen molar-refractivity contribution < 1.29 is 0 Å². The zero-order valence-corrected chi connectivity index (χ0v) is 8.81. The molecule has 1 saturated heterocycles. The average Bonchev–Trinajstić information content (AvgIpc) is 2.25. The highest BCUT2D eigenvalue weighted by molar-refractivity contribution is 8.71. The van der Waals surface area contributed by atoms with E-state index in [4.69, 9.17) is 24.7 Å². The lowest BCUT2D eigenvalue weighted by atomic mass is 10.1. The van der Waals surface area contributed by atoms with Crippen LogP contribution in [-0.2, 0) is 11.8 Å². The molecule has 0 nitrogen and oxygen atoms in total. The molecule has 0 aromatic carbocycles. The van der Waals surface area contributed by atoms with Gasteiger partial charge in [-0.1, -0.05) is 17.7 Å². The highest BCUT2D eigenvalue weighted by Crippen LogP contribution is 2.65. The smallest absolute Gasteiger partial charge is 0.0844 e. The van der Waals surface area contributed by atoms with Crippen molar-refractivity contribution in [2.24, 2.45) is 5.92 Å². The average molecular weight is 200 g/mol. The van der Waals surface area contributed by atoms with E-state index >= 15 is 0 Å². The fourth-order valence-corrected chi connectivity index (χ4v) is 7.34. The van der Waals surface area contributed by atoms with E-state index in [9.17, 15) is 0 Å². The predicted molar refractivity (Wildman–Crippen MR) is 57.6 cm³/mol. The van der Waals surface area contributed by atoms with E-state index in [1.165, 1.54) is 0 Å². The summed E-state index contributed by atoms with van der Waals surface area (Å²) in [4.78, 5) is 0. The third kappa shape index (κ3) is 2.03. The fraction of sp³-hybridized carbons (Fsp3) is 0.500. The van der Waals surface area contributed by atoms with Crippen molar-refractivity contribution in [2.75, 3.05) is 12.8 Å². The van der Waals surface area contributed by atoms with Crippen molar-refractivity contribution in [1.29, 1.82) is 0 Å². The molecule has 0 aromatic rings. The Balaban J connectivity index is 2.82. The Kier molecular flexibility index (Phi) is 2.71. The quantitative estimate of drug-likeness (QED) is 0.433. The van der Waals surface area contributed by atoms with E-state index in [0.29, 0.717) is 0 Å². The normalized spacial score (nSPS) is 42.8. The molecular formula is C8H9PS2. The third-order valence-corrected chi connectivity index (χ3v) is 7.49. The van der Waals surface area contributed by atoms with E-state index < -0.39 is 5.24 Å². The summed E-state index contributed by atoms with van der Waals surface area (Å²) in [6.07, 6.45) is 11.6. The summed E-state index contributed by atoms with van der Waals surface area (Å²) in [5, 5.41) is -1.05. The molecule has 3 heteroatoms. The van der Waals surface area contributed by atoms with Crippen molar-refractivity contribution in [3.8, 4) is 24.7 Å². The van der Waals surface area contributed by atoms with Gasteiger partial charge in [0, 0.05) is 17.3 Å². The van der Waals surface area contributed by atoms with Crippen LogP contribution in [0.3, 0.4) is 0 Å². The van der Waals surface area contributed by atoms with Gasteiger partial charge in [-0.05, 0) is 6.66 Å². The lowest BCUT2D eigenvalue weighted by molar-refractivity contribution is 0.831. The van der Waals surface area contributed by atoms with Gasteiger partial charge in [-0.25, -0.2) is 0 Å². The van der Waals surface area contributed by atoms with Crippen LogP contribution in [0.2, 0.25) is 0 Å². The molecule has 1 heterocycles. The summed E-state index contributed by atoms with van der Waals surface area (Å²) in [6, 6.07) is 0. The minimum atomic E-state index is -1.22. The number of rotatable bonds is 0. The molecule has 0 bridgehead atoms. The molecule has 1 rings (SSSR count). The molecule has 0 amide bonds. The number of hydrogen-bond donors (Lipinski definition) is 0. The highest BCUT2D eigenvalue weighted by Gasteiger charge is 2.34. The van der Waals surface area contributed by atoms with Gasteiger partial charge in [-0.15, -0.1) is 30.1 Å². The van der Waals surface area contributed by atoms with Gasteiger partial charge in [0.05, 0.1) is 5.25 Å². The van der Waals surface area contributed by atoms with Crippen LogP contribution in [0.5, 0.6) is 0 Å². The lowest BCUT2D eigenvalue weighted by Gasteiger charge is -2.03. The summed E-state index contributed by atoms with van der Waals surface area (Å²) in [5.41, 5.74) is 0.